The quantitative estimate of drug-likeness (QED) is 0.918. The van der Waals surface area contributed by atoms with Crippen molar-refractivity contribution < 1.29 is 14.7 Å². The molecule has 0 bridgehead atoms. The fourth-order valence-corrected chi connectivity index (χ4v) is 3.22. The fraction of sp³-hybridized carbons (Fsp3) is 0.615. The summed E-state index contributed by atoms with van der Waals surface area (Å²) >= 11 is 1.43. The van der Waals surface area contributed by atoms with E-state index in [1.165, 1.54) is 11.3 Å². The van der Waals surface area contributed by atoms with E-state index in [1.54, 1.807) is 10.3 Å². The molecule has 104 valence electrons. The van der Waals surface area contributed by atoms with Crippen LogP contribution in [0.15, 0.2) is 5.38 Å². The monoisotopic (exact) mass is 282 g/mol. The normalized spacial score (nSPS) is 22.7. The first-order valence-electron chi connectivity index (χ1n) is 6.43. The number of amides is 1. The maximum absolute atomic E-state index is 12.3. The number of hydrogen-bond donors (Lipinski definition) is 1. The van der Waals surface area contributed by atoms with Crippen molar-refractivity contribution >= 4 is 23.2 Å². The molecule has 1 saturated heterocycles. The molecule has 2 heterocycles. The van der Waals surface area contributed by atoms with Crippen LogP contribution in [0.1, 0.15) is 41.7 Å². The lowest BCUT2D eigenvalue weighted by Crippen LogP contribution is -2.37. The van der Waals surface area contributed by atoms with E-state index in [-0.39, 0.29) is 5.91 Å². The lowest BCUT2D eigenvalue weighted by atomic mass is 9.83. The second-order valence-electron chi connectivity index (χ2n) is 5.06. The van der Waals surface area contributed by atoms with Crippen molar-refractivity contribution in [2.45, 2.75) is 33.1 Å². The minimum atomic E-state index is -0.792. The minimum absolute atomic E-state index is 0.149. The minimum Gasteiger partial charge on any atom is -0.481 e. The molecule has 19 heavy (non-hydrogen) atoms. The van der Waals surface area contributed by atoms with Crippen molar-refractivity contribution in [3.63, 3.8) is 0 Å². The van der Waals surface area contributed by atoms with E-state index in [1.807, 2.05) is 13.8 Å². The maximum Gasteiger partial charge on any atom is 0.311 e. The molecule has 0 saturated carbocycles. The summed E-state index contributed by atoms with van der Waals surface area (Å²) in [7, 11) is 0. The number of carbonyl (C=O) groups is 2. The van der Waals surface area contributed by atoms with Crippen LogP contribution in [0.25, 0.3) is 0 Å². The largest absolute Gasteiger partial charge is 0.481 e. The fourth-order valence-electron chi connectivity index (χ4n) is 2.63. The zero-order valence-corrected chi connectivity index (χ0v) is 12.0. The highest BCUT2D eigenvalue weighted by Crippen LogP contribution is 2.36. The average molecular weight is 282 g/mol. The number of carbonyl (C=O) groups excluding carboxylic acids is 1. The van der Waals surface area contributed by atoms with E-state index in [2.05, 4.69) is 4.98 Å². The van der Waals surface area contributed by atoms with Crippen LogP contribution in [-0.2, 0) is 4.79 Å². The lowest BCUT2D eigenvalue weighted by molar-refractivity contribution is -0.148. The zero-order chi connectivity index (χ0) is 14.0. The Hall–Kier alpha value is -1.43. The molecular weight excluding hydrogens is 264 g/mol. The Morgan fingerprint density at radius 1 is 1.58 bits per heavy atom. The SMILES string of the molecule is CCCC1(C(=O)O)CCN(C(=O)c2csc(C)n2)C1. The number of carboxylic acids is 1. The van der Waals surface area contributed by atoms with Gasteiger partial charge in [0, 0.05) is 18.5 Å². The summed E-state index contributed by atoms with van der Waals surface area (Å²) in [4.78, 5) is 29.5. The number of hydrogen-bond acceptors (Lipinski definition) is 4. The number of aryl methyl sites for hydroxylation is 1. The highest BCUT2D eigenvalue weighted by molar-refractivity contribution is 7.09. The molecule has 1 atom stereocenters. The van der Waals surface area contributed by atoms with Gasteiger partial charge in [-0.1, -0.05) is 13.3 Å². The summed E-state index contributed by atoms with van der Waals surface area (Å²) < 4.78 is 0. The molecule has 1 aliphatic rings. The van der Waals surface area contributed by atoms with Crippen LogP contribution in [0.3, 0.4) is 0 Å². The summed E-state index contributed by atoms with van der Waals surface area (Å²) in [5, 5.41) is 12.0. The Kier molecular flexibility index (Phi) is 3.89. The molecule has 0 aromatic carbocycles. The van der Waals surface area contributed by atoms with Crippen LogP contribution in [0.2, 0.25) is 0 Å². The number of likely N-dealkylation sites (tertiary alicyclic amines) is 1. The molecule has 0 radical (unpaired) electrons. The molecule has 1 amide bonds. The molecule has 1 fully saturated rings. The third kappa shape index (κ3) is 2.63. The third-order valence-corrected chi connectivity index (χ3v) is 4.43. The van der Waals surface area contributed by atoms with Crippen molar-refractivity contribution in [1.82, 2.24) is 9.88 Å². The van der Waals surface area contributed by atoms with Gasteiger partial charge >= 0.3 is 5.97 Å². The van der Waals surface area contributed by atoms with Gasteiger partial charge in [-0.25, -0.2) is 4.98 Å². The van der Waals surface area contributed by atoms with E-state index < -0.39 is 11.4 Å². The van der Waals surface area contributed by atoms with E-state index >= 15 is 0 Å². The Bertz CT molecular complexity index is 500. The maximum atomic E-state index is 12.3. The summed E-state index contributed by atoms with van der Waals surface area (Å²) in [6.45, 7) is 4.62. The Labute approximate surface area is 116 Å². The average Bonchev–Trinajstić information content (AvgIpc) is 2.96. The Morgan fingerprint density at radius 2 is 2.32 bits per heavy atom. The molecule has 0 aliphatic carbocycles. The molecule has 0 spiro atoms. The van der Waals surface area contributed by atoms with Crippen molar-refractivity contribution in [3.05, 3.63) is 16.1 Å². The van der Waals surface area contributed by atoms with E-state index in [9.17, 15) is 14.7 Å². The van der Waals surface area contributed by atoms with E-state index in [0.29, 0.717) is 31.6 Å². The summed E-state index contributed by atoms with van der Waals surface area (Å²) in [6.07, 6.45) is 1.96. The number of aliphatic carboxylic acids is 1. The lowest BCUT2D eigenvalue weighted by Gasteiger charge is -2.23. The highest BCUT2D eigenvalue weighted by atomic mass is 32.1. The first-order chi connectivity index (χ1) is 8.98. The molecule has 5 nitrogen and oxygen atoms in total. The smallest absolute Gasteiger partial charge is 0.311 e. The Balaban J connectivity index is 2.13. The molecular formula is C13H18N2O3S. The number of thiazole rings is 1. The van der Waals surface area contributed by atoms with Crippen molar-refractivity contribution in [1.29, 1.82) is 0 Å². The Morgan fingerprint density at radius 3 is 2.84 bits per heavy atom. The van der Waals surface area contributed by atoms with Gasteiger partial charge in [0.05, 0.1) is 10.4 Å². The summed E-state index contributed by atoms with van der Waals surface area (Å²) in [6, 6.07) is 0. The van der Waals surface area contributed by atoms with Gasteiger partial charge in [-0.05, 0) is 19.8 Å². The van der Waals surface area contributed by atoms with Gasteiger partial charge in [0.15, 0.2) is 0 Å². The van der Waals surface area contributed by atoms with Gasteiger partial charge in [0.2, 0.25) is 0 Å². The van der Waals surface area contributed by atoms with E-state index in [0.717, 1.165) is 11.4 Å². The topological polar surface area (TPSA) is 70.5 Å². The molecule has 1 aliphatic heterocycles. The van der Waals surface area contributed by atoms with Crippen LogP contribution in [0.5, 0.6) is 0 Å². The molecule has 1 unspecified atom stereocenters. The number of carboxylic acid groups (broad SMARTS) is 1. The van der Waals surface area contributed by atoms with Crippen LogP contribution in [-0.4, -0.2) is 40.0 Å². The molecule has 2 rings (SSSR count). The number of nitrogens with zero attached hydrogens (tertiary/aromatic N) is 2. The first kappa shape index (κ1) is 14.0. The van der Waals surface area contributed by atoms with Gasteiger partial charge < -0.3 is 10.0 Å². The second kappa shape index (κ2) is 5.28. The zero-order valence-electron chi connectivity index (χ0n) is 11.2. The van der Waals surface area contributed by atoms with Crippen LogP contribution >= 0.6 is 11.3 Å². The van der Waals surface area contributed by atoms with Gasteiger partial charge in [0.25, 0.3) is 5.91 Å². The van der Waals surface area contributed by atoms with Crippen molar-refractivity contribution in [2.24, 2.45) is 5.41 Å². The van der Waals surface area contributed by atoms with Crippen LogP contribution in [0, 0.1) is 12.3 Å². The summed E-state index contributed by atoms with van der Waals surface area (Å²) in [5.41, 5.74) is -0.338. The standard InChI is InChI=1S/C13H18N2O3S/c1-3-4-13(12(17)18)5-6-15(8-13)11(16)10-7-19-9(2)14-10/h7H,3-6,8H2,1-2H3,(H,17,18). The van der Waals surface area contributed by atoms with Gasteiger partial charge in [-0.3, -0.25) is 9.59 Å². The second-order valence-corrected chi connectivity index (χ2v) is 6.13. The predicted molar refractivity (Wildman–Crippen MR) is 72.3 cm³/mol. The number of aromatic nitrogens is 1. The highest BCUT2D eigenvalue weighted by Gasteiger charge is 2.45. The first-order valence-corrected chi connectivity index (χ1v) is 7.31. The summed E-state index contributed by atoms with van der Waals surface area (Å²) in [5.74, 6) is -0.942. The molecule has 1 aromatic rings. The molecule has 1 aromatic heterocycles. The van der Waals surface area contributed by atoms with Gasteiger partial charge in [-0.2, -0.15) is 0 Å². The van der Waals surface area contributed by atoms with E-state index in [4.69, 9.17) is 0 Å². The predicted octanol–water partition coefficient (Wildman–Crippen LogP) is 2.17. The van der Waals surface area contributed by atoms with Crippen LogP contribution < -0.4 is 0 Å². The molecule has 6 heteroatoms. The molecule has 1 N–H and O–H groups in total. The van der Waals surface area contributed by atoms with Crippen LogP contribution in [0.4, 0.5) is 0 Å². The van der Waals surface area contributed by atoms with Crippen molar-refractivity contribution in [3.8, 4) is 0 Å². The third-order valence-electron chi connectivity index (χ3n) is 3.66. The van der Waals surface area contributed by atoms with Gasteiger partial charge in [-0.15, -0.1) is 11.3 Å². The van der Waals surface area contributed by atoms with Gasteiger partial charge in [0.1, 0.15) is 5.69 Å². The number of rotatable bonds is 4. The van der Waals surface area contributed by atoms with Crippen molar-refractivity contribution in [2.75, 3.05) is 13.1 Å².